The van der Waals surface area contributed by atoms with E-state index in [1.54, 1.807) is 6.20 Å². The van der Waals surface area contributed by atoms with E-state index in [1.165, 1.54) is 54.4 Å². The first-order chi connectivity index (χ1) is 19.0. The largest absolute Gasteiger partial charge is 0.328 e. The standard InChI is InChI=1S/C25H25FN10OS2/c1-15-13-36-19(25-33-32-22(38-25)10-20(37)30-18-5-6-27-11-17(18)26)12-28-24(36)23(29-15)31-21-9-16(34-39-21)14-35-7-3-2-4-8-35/h5-6,9,11-13H,2-4,7-8,10,14H2,1H3,(H,29,31)(H,27,30,37). The van der Waals surface area contributed by atoms with Crippen molar-refractivity contribution in [2.75, 3.05) is 23.7 Å². The molecule has 200 valence electrons. The fourth-order valence-corrected chi connectivity index (χ4v) is 6.00. The lowest BCUT2D eigenvalue weighted by atomic mass is 10.1. The van der Waals surface area contributed by atoms with Gasteiger partial charge in [0.25, 0.3) is 0 Å². The maximum absolute atomic E-state index is 13.8. The third-order valence-electron chi connectivity index (χ3n) is 6.29. The zero-order valence-electron chi connectivity index (χ0n) is 21.1. The van der Waals surface area contributed by atoms with Crippen molar-refractivity contribution in [1.29, 1.82) is 0 Å². The highest BCUT2D eigenvalue weighted by Crippen LogP contribution is 2.30. The summed E-state index contributed by atoms with van der Waals surface area (Å²) in [5, 5.41) is 16.4. The van der Waals surface area contributed by atoms with Gasteiger partial charge in [-0.25, -0.2) is 14.4 Å². The Morgan fingerprint density at radius 2 is 2.05 bits per heavy atom. The molecule has 11 nitrogen and oxygen atoms in total. The van der Waals surface area contributed by atoms with Gasteiger partial charge in [-0.05, 0) is 56.5 Å². The van der Waals surface area contributed by atoms with Crippen molar-refractivity contribution >= 4 is 50.9 Å². The number of likely N-dealkylation sites (tertiary alicyclic amines) is 1. The number of aromatic nitrogens is 7. The topological polar surface area (TPSA) is 126 Å². The van der Waals surface area contributed by atoms with E-state index in [1.807, 2.05) is 17.5 Å². The van der Waals surface area contributed by atoms with E-state index < -0.39 is 11.7 Å². The number of hydrogen-bond donors (Lipinski definition) is 2. The second-order valence-corrected chi connectivity index (χ2v) is 11.2. The Balaban J connectivity index is 1.18. The van der Waals surface area contributed by atoms with Crippen molar-refractivity contribution in [2.45, 2.75) is 39.2 Å². The minimum atomic E-state index is -0.598. The first-order valence-electron chi connectivity index (χ1n) is 12.5. The highest BCUT2D eigenvalue weighted by molar-refractivity contribution is 7.14. The number of aryl methyl sites for hydroxylation is 1. The molecule has 1 aliphatic rings. The summed E-state index contributed by atoms with van der Waals surface area (Å²) in [4.78, 5) is 27.8. The summed E-state index contributed by atoms with van der Waals surface area (Å²) in [6.07, 6.45) is 9.83. The quantitative estimate of drug-likeness (QED) is 0.281. The van der Waals surface area contributed by atoms with Crippen LogP contribution in [0.5, 0.6) is 0 Å². The zero-order valence-corrected chi connectivity index (χ0v) is 22.7. The lowest BCUT2D eigenvalue weighted by molar-refractivity contribution is -0.115. The van der Waals surface area contributed by atoms with E-state index in [0.717, 1.165) is 47.9 Å². The SMILES string of the molecule is Cc1cn2c(-c3nnc(CC(=O)Nc4ccncc4F)s3)cnc2c(Nc2cc(CN3CCCCC3)ns2)n1. The van der Waals surface area contributed by atoms with Crippen LogP contribution >= 0.6 is 22.9 Å². The van der Waals surface area contributed by atoms with Crippen LogP contribution in [0.2, 0.25) is 0 Å². The van der Waals surface area contributed by atoms with Crippen LogP contribution in [0.15, 0.2) is 36.9 Å². The molecule has 39 heavy (non-hydrogen) atoms. The molecule has 1 amide bonds. The van der Waals surface area contributed by atoms with Gasteiger partial charge in [0.2, 0.25) is 5.91 Å². The average molecular weight is 565 g/mol. The number of pyridine rings is 1. The molecule has 0 saturated carbocycles. The minimum Gasteiger partial charge on any atom is -0.328 e. The van der Waals surface area contributed by atoms with Gasteiger partial charge in [-0.15, -0.1) is 10.2 Å². The Morgan fingerprint density at radius 1 is 1.18 bits per heavy atom. The molecule has 0 aromatic carbocycles. The van der Waals surface area contributed by atoms with E-state index >= 15 is 0 Å². The van der Waals surface area contributed by atoms with Gasteiger partial charge in [0.1, 0.15) is 15.7 Å². The molecule has 0 aliphatic carbocycles. The molecule has 2 N–H and O–H groups in total. The third kappa shape index (κ3) is 5.77. The van der Waals surface area contributed by atoms with Crippen molar-refractivity contribution in [1.82, 2.24) is 38.8 Å². The fourth-order valence-electron chi connectivity index (χ4n) is 4.50. The van der Waals surface area contributed by atoms with Gasteiger partial charge in [-0.1, -0.05) is 17.8 Å². The molecule has 0 atom stereocenters. The van der Waals surface area contributed by atoms with Gasteiger partial charge >= 0.3 is 0 Å². The van der Waals surface area contributed by atoms with E-state index in [0.29, 0.717) is 21.5 Å². The number of amides is 1. The number of hydrogen-bond acceptors (Lipinski definition) is 11. The van der Waals surface area contributed by atoms with Crippen LogP contribution in [0.25, 0.3) is 16.3 Å². The number of imidazole rings is 1. The third-order valence-corrected chi connectivity index (χ3v) is 7.98. The number of carbonyl (C=O) groups is 1. The van der Waals surface area contributed by atoms with Crippen LogP contribution in [0.3, 0.4) is 0 Å². The van der Waals surface area contributed by atoms with Crippen molar-refractivity contribution < 1.29 is 9.18 Å². The number of fused-ring (bicyclic) bond motifs is 1. The zero-order chi connectivity index (χ0) is 26.8. The molecule has 0 unspecified atom stereocenters. The molecule has 0 radical (unpaired) electrons. The molecule has 6 heterocycles. The van der Waals surface area contributed by atoms with Crippen molar-refractivity contribution in [3.8, 4) is 10.7 Å². The summed E-state index contributed by atoms with van der Waals surface area (Å²) in [7, 11) is 0. The maximum Gasteiger partial charge on any atom is 0.231 e. The van der Waals surface area contributed by atoms with E-state index in [-0.39, 0.29) is 12.1 Å². The predicted molar refractivity (Wildman–Crippen MR) is 148 cm³/mol. The molecule has 5 aromatic rings. The second-order valence-electron chi connectivity index (χ2n) is 9.29. The van der Waals surface area contributed by atoms with Crippen molar-refractivity contribution in [3.05, 3.63) is 59.1 Å². The number of carbonyl (C=O) groups excluding carboxylic acids is 1. The minimum absolute atomic E-state index is 0.0330. The number of halogens is 1. The number of nitrogens with zero attached hydrogens (tertiary/aromatic N) is 8. The van der Waals surface area contributed by atoms with Gasteiger partial charge in [-0.2, -0.15) is 4.37 Å². The van der Waals surface area contributed by atoms with E-state index in [2.05, 4.69) is 51.1 Å². The first-order valence-corrected chi connectivity index (χ1v) is 14.1. The summed E-state index contributed by atoms with van der Waals surface area (Å²) in [5.74, 6) is -0.367. The summed E-state index contributed by atoms with van der Waals surface area (Å²) in [5.41, 5.74) is 3.30. The molecular weight excluding hydrogens is 539 g/mol. The fraction of sp³-hybridized carbons (Fsp3) is 0.320. The van der Waals surface area contributed by atoms with Gasteiger partial charge in [-0.3, -0.25) is 19.1 Å². The number of piperidine rings is 1. The predicted octanol–water partition coefficient (Wildman–Crippen LogP) is 4.46. The molecule has 5 aromatic heterocycles. The smallest absolute Gasteiger partial charge is 0.231 e. The average Bonchev–Trinajstić information content (AvgIpc) is 3.66. The molecule has 1 saturated heterocycles. The van der Waals surface area contributed by atoms with Gasteiger partial charge in [0, 0.05) is 18.9 Å². The molecule has 0 bridgehead atoms. The Hall–Kier alpha value is -3.88. The lowest BCUT2D eigenvalue weighted by Gasteiger charge is -2.25. The van der Waals surface area contributed by atoms with Crippen molar-refractivity contribution in [2.24, 2.45) is 0 Å². The Labute approximate surface area is 231 Å². The van der Waals surface area contributed by atoms with Gasteiger partial charge < -0.3 is 10.6 Å². The summed E-state index contributed by atoms with van der Waals surface area (Å²) < 4.78 is 20.3. The molecule has 1 aliphatic heterocycles. The summed E-state index contributed by atoms with van der Waals surface area (Å²) >= 11 is 2.69. The number of anilines is 3. The molecular formula is C25H25FN10OS2. The molecule has 6 rings (SSSR count). The van der Waals surface area contributed by atoms with E-state index in [4.69, 9.17) is 0 Å². The van der Waals surface area contributed by atoms with Gasteiger partial charge in [0.05, 0.1) is 35.9 Å². The van der Waals surface area contributed by atoms with Crippen LogP contribution in [-0.4, -0.2) is 57.8 Å². The second kappa shape index (κ2) is 11.1. The normalized spacial score (nSPS) is 14.1. The number of rotatable bonds is 8. The van der Waals surface area contributed by atoms with Gasteiger partial charge in [0.15, 0.2) is 22.3 Å². The lowest BCUT2D eigenvalue weighted by Crippen LogP contribution is -2.29. The highest BCUT2D eigenvalue weighted by Gasteiger charge is 2.18. The van der Waals surface area contributed by atoms with Crippen LogP contribution in [-0.2, 0) is 17.8 Å². The van der Waals surface area contributed by atoms with Crippen molar-refractivity contribution in [3.63, 3.8) is 0 Å². The van der Waals surface area contributed by atoms with Crippen LogP contribution in [0.4, 0.5) is 20.9 Å². The molecule has 1 fully saturated rings. The van der Waals surface area contributed by atoms with Crippen LogP contribution < -0.4 is 10.6 Å². The molecule has 0 spiro atoms. The summed E-state index contributed by atoms with van der Waals surface area (Å²) in [6, 6.07) is 3.48. The maximum atomic E-state index is 13.8. The Bertz CT molecular complexity index is 1620. The van der Waals surface area contributed by atoms with Crippen LogP contribution in [0.1, 0.15) is 35.7 Å². The first kappa shape index (κ1) is 25.4. The van der Waals surface area contributed by atoms with E-state index in [9.17, 15) is 9.18 Å². The highest BCUT2D eigenvalue weighted by atomic mass is 32.1. The Kier molecular flexibility index (Phi) is 7.22. The summed E-state index contributed by atoms with van der Waals surface area (Å²) in [6.45, 7) is 5.02. The number of nitrogens with one attached hydrogen (secondary N) is 2. The monoisotopic (exact) mass is 564 g/mol. The Morgan fingerprint density at radius 3 is 2.90 bits per heavy atom. The molecule has 14 heteroatoms. The van der Waals surface area contributed by atoms with Crippen LogP contribution in [0, 0.1) is 12.7 Å².